The van der Waals surface area contributed by atoms with Gasteiger partial charge in [-0.05, 0) is 0 Å². The van der Waals surface area contributed by atoms with Crippen molar-refractivity contribution in [2.45, 2.75) is 19.2 Å². The summed E-state index contributed by atoms with van der Waals surface area (Å²) in [6, 6.07) is 0. The molecule has 1 N–H and O–H groups in total. The maximum absolute atomic E-state index is 11.7. The third kappa shape index (κ3) is 1.98. The number of fused-ring (bicyclic) bond motifs is 1. The Morgan fingerprint density at radius 1 is 1.56 bits per heavy atom. The number of aliphatic carboxylic acids is 1. The van der Waals surface area contributed by atoms with Crippen molar-refractivity contribution >= 4 is 29.6 Å². The summed E-state index contributed by atoms with van der Waals surface area (Å²) in [5, 5.41) is 9.09. The summed E-state index contributed by atoms with van der Waals surface area (Å²) in [7, 11) is 0. The zero-order chi connectivity index (χ0) is 13.4. The normalized spacial score (nSPS) is 26.6. The third-order valence-electron chi connectivity index (χ3n) is 2.97. The Kier molecular flexibility index (Phi) is 3.34. The van der Waals surface area contributed by atoms with Crippen molar-refractivity contribution in [1.29, 1.82) is 0 Å². The van der Waals surface area contributed by atoms with Crippen LogP contribution in [-0.4, -0.2) is 45.6 Å². The van der Waals surface area contributed by atoms with Gasteiger partial charge in [0.25, 0.3) is 0 Å². The lowest BCUT2D eigenvalue weighted by Crippen LogP contribution is -2.60. The molecule has 1 saturated heterocycles. The van der Waals surface area contributed by atoms with E-state index in [4.69, 9.17) is 4.74 Å². The SMILES string of the molecule is CC(=O)OCC1=C(C(=O)O)N2C(=O)[C@@H](C)[C@H]2SC1. The van der Waals surface area contributed by atoms with E-state index in [2.05, 4.69) is 0 Å². The van der Waals surface area contributed by atoms with Crippen LogP contribution in [0.2, 0.25) is 0 Å². The van der Waals surface area contributed by atoms with Crippen LogP contribution in [0.25, 0.3) is 0 Å². The summed E-state index contributed by atoms with van der Waals surface area (Å²) in [4.78, 5) is 35.0. The van der Waals surface area contributed by atoms with Crippen LogP contribution in [0.3, 0.4) is 0 Å². The van der Waals surface area contributed by atoms with Crippen molar-refractivity contribution in [2.24, 2.45) is 5.92 Å². The Bertz CT molecular complexity index is 458. The molecule has 2 aliphatic heterocycles. The molecule has 0 aromatic rings. The Hall–Kier alpha value is -1.50. The van der Waals surface area contributed by atoms with Gasteiger partial charge in [-0.1, -0.05) is 6.92 Å². The summed E-state index contributed by atoms with van der Waals surface area (Å²) in [5.41, 5.74) is 0.447. The van der Waals surface area contributed by atoms with E-state index in [9.17, 15) is 19.5 Å². The number of rotatable bonds is 3. The molecule has 18 heavy (non-hydrogen) atoms. The lowest BCUT2D eigenvalue weighted by atomic mass is 9.98. The van der Waals surface area contributed by atoms with Crippen molar-refractivity contribution in [2.75, 3.05) is 12.4 Å². The molecule has 0 radical (unpaired) electrons. The van der Waals surface area contributed by atoms with E-state index in [-0.39, 0.29) is 29.5 Å². The average Bonchev–Trinajstić information content (AvgIpc) is 2.33. The van der Waals surface area contributed by atoms with Gasteiger partial charge in [0, 0.05) is 18.2 Å². The fourth-order valence-electron chi connectivity index (χ4n) is 2.04. The zero-order valence-electron chi connectivity index (χ0n) is 10.0. The number of carboxylic acid groups (broad SMARTS) is 1. The summed E-state index contributed by atoms with van der Waals surface area (Å²) in [6.45, 7) is 2.97. The number of carboxylic acids is 1. The molecular formula is C11H13NO5S. The van der Waals surface area contributed by atoms with Crippen molar-refractivity contribution in [3.8, 4) is 0 Å². The van der Waals surface area contributed by atoms with E-state index in [1.165, 1.54) is 23.6 Å². The fourth-order valence-corrected chi connectivity index (χ4v) is 3.40. The number of amides is 1. The maximum atomic E-state index is 11.7. The molecule has 98 valence electrons. The molecule has 0 aromatic carbocycles. The number of carbonyl (C=O) groups excluding carboxylic acids is 2. The standard InChI is InChI=1S/C11H13NO5S/c1-5-9(14)12-8(11(15)16)7(3-17-6(2)13)4-18-10(5)12/h5,10H,3-4H2,1-2H3,(H,15,16)/t5-,10-/m1/s1. The van der Waals surface area contributed by atoms with Crippen molar-refractivity contribution in [3.05, 3.63) is 11.3 Å². The van der Waals surface area contributed by atoms with Gasteiger partial charge in [-0.3, -0.25) is 14.5 Å². The first-order valence-corrected chi connectivity index (χ1v) is 6.51. The van der Waals surface area contributed by atoms with Gasteiger partial charge in [0.15, 0.2) is 0 Å². The third-order valence-corrected chi connectivity index (χ3v) is 4.44. The molecule has 0 bridgehead atoms. The van der Waals surface area contributed by atoms with E-state index in [1.54, 1.807) is 6.92 Å². The molecule has 2 heterocycles. The minimum absolute atomic E-state index is 0.0249. The van der Waals surface area contributed by atoms with Crippen LogP contribution in [0.1, 0.15) is 13.8 Å². The van der Waals surface area contributed by atoms with E-state index in [0.717, 1.165) is 0 Å². The molecule has 7 heteroatoms. The van der Waals surface area contributed by atoms with Gasteiger partial charge in [0.2, 0.25) is 5.91 Å². The second-order valence-electron chi connectivity index (χ2n) is 4.24. The number of hydrogen-bond acceptors (Lipinski definition) is 5. The molecule has 1 amide bonds. The first-order chi connectivity index (χ1) is 8.43. The Labute approximate surface area is 108 Å². The maximum Gasteiger partial charge on any atom is 0.352 e. The van der Waals surface area contributed by atoms with Gasteiger partial charge in [0.05, 0.1) is 11.3 Å². The van der Waals surface area contributed by atoms with Crippen molar-refractivity contribution in [3.63, 3.8) is 0 Å². The number of hydrogen-bond donors (Lipinski definition) is 1. The first-order valence-electron chi connectivity index (χ1n) is 5.47. The predicted molar refractivity (Wildman–Crippen MR) is 63.6 cm³/mol. The first kappa shape index (κ1) is 12.9. The highest BCUT2D eigenvalue weighted by atomic mass is 32.2. The van der Waals surface area contributed by atoms with Gasteiger partial charge in [-0.15, -0.1) is 11.8 Å². The zero-order valence-corrected chi connectivity index (χ0v) is 10.8. The molecule has 0 aliphatic carbocycles. The topological polar surface area (TPSA) is 83.9 Å². The molecule has 2 aliphatic rings. The highest BCUT2D eigenvalue weighted by molar-refractivity contribution is 8.00. The van der Waals surface area contributed by atoms with Gasteiger partial charge in [0.1, 0.15) is 12.3 Å². The molecule has 0 spiro atoms. The van der Waals surface area contributed by atoms with Crippen LogP contribution in [0.15, 0.2) is 11.3 Å². The molecule has 2 rings (SSSR count). The van der Waals surface area contributed by atoms with Gasteiger partial charge in [-0.25, -0.2) is 4.79 Å². The highest BCUT2D eigenvalue weighted by Crippen LogP contribution is 2.43. The highest BCUT2D eigenvalue weighted by Gasteiger charge is 2.51. The molecular weight excluding hydrogens is 258 g/mol. The van der Waals surface area contributed by atoms with Crippen LogP contribution in [-0.2, 0) is 19.1 Å². The largest absolute Gasteiger partial charge is 0.477 e. The number of nitrogens with zero attached hydrogens (tertiary/aromatic N) is 1. The molecule has 0 aromatic heterocycles. The van der Waals surface area contributed by atoms with Gasteiger partial charge >= 0.3 is 11.9 Å². The number of β-lactam (4-membered cyclic amide) rings is 1. The minimum Gasteiger partial charge on any atom is -0.477 e. The molecule has 2 atom stereocenters. The number of esters is 1. The summed E-state index contributed by atoms with van der Waals surface area (Å²) < 4.78 is 4.82. The Morgan fingerprint density at radius 2 is 2.22 bits per heavy atom. The average molecular weight is 271 g/mol. The number of carbonyl (C=O) groups is 3. The minimum atomic E-state index is -1.15. The van der Waals surface area contributed by atoms with E-state index >= 15 is 0 Å². The summed E-state index contributed by atoms with van der Waals surface area (Å²) in [5.74, 6) is -1.50. The van der Waals surface area contributed by atoms with Crippen LogP contribution in [0, 0.1) is 5.92 Å². The van der Waals surface area contributed by atoms with E-state index in [1.807, 2.05) is 0 Å². The molecule has 0 saturated carbocycles. The smallest absolute Gasteiger partial charge is 0.352 e. The van der Waals surface area contributed by atoms with E-state index < -0.39 is 11.9 Å². The fraction of sp³-hybridized carbons (Fsp3) is 0.545. The number of thioether (sulfide) groups is 1. The molecule has 6 nitrogen and oxygen atoms in total. The lowest BCUT2D eigenvalue weighted by molar-refractivity contribution is -0.151. The van der Waals surface area contributed by atoms with E-state index in [0.29, 0.717) is 11.3 Å². The predicted octanol–water partition coefficient (Wildman–Crippen LogP) is 0.439. The summed E-state index contributed by atoms with van der Waals surface area (Å²) >= 11 is 1.50. The lowest BCUT2D eigenvalue weighted by Gasteiger charge is -2.48. The number of ether oxygens (including phenoxy) is 1. The Morgan fingerprint density at radius 3 is 2.78 bits per heavy atom. The van der Waals surface area contributed by atoms with Crippen LogP contribution in [0.4, 0.5) is 0 Å². The van der Waals surface area contributed by atoms with Gasteiger partial charge in [-0.2, -0.15) is 0 Å². The molecule has 1 fully saturated rings. The van der Waals surface area contributed by atoms with Crippen LogP contribution in [0.5, 0.6) is 0 Å². The molecule has 0 unspecified atom stereocenters. The van der Waals surface area contributed by atoms with Crippen LogP contribution >= 0.6 is 11.8 Å². The second-order valence-corrected chi connectivity index (χ2v) is 5.34. The van der Waals surface area contributed by atoms with Crippen molar-refractivity contribution in [1.82, 2.24) is 4.90 Å². The second kappa shape index (κ2) is 4.64. The van der Waals surface area contributed by atoms with Crippen molar-refractivity contribution < 1.29 is 24.2 Å². The summed E-state index contributed by atoms with van der Waals surface area (Å²) in [6.07, 6.45) is 0. The monoisotopic (exact) mass is 271 g/mol. The quantitative estimate of drug-likeness (QED) is 0.592. The van der Waals surface area contributed by atoms with Gasteiger partial charge < -0.3 is 9.84 Å². The Balaban J connectivity index is 2.26. The van der Waals surface area contributed by atoms with Crippen LogP contribution < -0.4 is 0 Å².